The number of nitrogens with zero attached hydrogens (tertiary/aromatic N) is 3. The number of fused-ring (bicyclic) bond motifs is 1. The summed E-state index contributed by atoms with van der Waals surface area (Å²) in [5.74, 6) is 0.951. The van der Waals surface area contributed by atoms with Gasteiger partial charge in [0.15, 0.2) is 5.69 Å². The SMILES string of the molecule is O=C(c1n[nH]c2c1CCN(CC1CCC1)C2)N1CCOCC1. The fraction of sp³-hybridized carbons (Fsp3) is 0.750. The number of nitrogens with one attached hydrogen (secondary N) is 1. The van der Waals surface area contributed by atoms with Crippen molar-refractivity contribution in [3.8, 4) is 0 Å². The van der Waals surface area contributed by atoms with E-state index in [0.29, 0.717) is 32.0 Å². The molecule has 6 nitrogen and oxygen atoms in total. The molecule has 1 saturated carbocycles. The van der Waals surface area contributed by atoms with Gasteiger partial charge < -0.3 is 9.64 Å². The van der Waals surface area contributed by atoms with E-state index in [0.717, 1.165) is 36.7 Å². The second-order valence-electron chi connectivity index (χ2n) is 6.72. The van der Waals surface area contributed by atoms with E-state index >= 15 is 0 Å². The standard InChI is InChI=1S/C16H24N4O2/c21-16(20-6-8-22-9-7-20)15-13-4-5-19(10-12-2-1-3-12)11-14(13)17-18-15/h12H,1-11H2,(H,17,18). The lowest BCUT2D eigenvalue weighted by Crippen LogP contribution is -2.41. The van der Waals surface area contributed by atoms with Crippen LogP contribution in [0.15, 0.2) is 0 Å². The number of carbonyl (C=O) groups excluding carboxylic acids is 1. The molecule has 1 N–H and O–H groups in total. The van der Waals surface area contributed by atoms with Crippen LogP contribution in [0.4, 0.5) is 0 Å². The van der Waals surface area contributed by atoms with Gasteiger partial charge in [-0.2, -0.15) is 5.10 Å². The number of ether oxygens (including phenoxy) is 1. The predicted octanol–water partition coefficient (Wildman–Crippen LogP) is 1.04. The first-order chi connectivity index (χ1) is 10.8. The summed E-state index contributed by atoms with van der Waals surface area (Å²) < 4.78 is 5.32. The van der Waals surface area contributed by atoms with Crippen molar-refractivity contribution in [3.05, 3.63) is 17.0 Å². The third kappa shape index (κ3) is 2.65. The Kier molecular flexibility index (Phi) is 3.88. The summed E-state index contributed by atoms with van der Waals surface area (Å²) in [6.45, 7) is 5.77. The second kappa shape index (κ2) is 6.01. The summed E-state index contributed by atoms with van der Waals surface area (Å²) in [4.78, 5) is 17.0. The molecule has 0 radical (unpaired) electrons. The third-order valence-corrected chi connectivity index (χ3v) is 5.25. The molecule has 0 bridgehead atoms. The summed E-state index contributed by atoms with van der Waals surface area (Å²) in [5.41, 5.74) is 2.92. The average Bonchev–Trinajstić information content (AvgIpc) is 2.94. The van der Waals surface area contributed by atoms with Crippen molar-refractivity contribution >= 4 is 5.91 Å². The van der Waals surface area contributed by atoms with E-state index in [4.69, 9.17) is 4.74 Å². The molecule has 2 fully saturated rings. The van der Waals surface area contributed by atoms with Crippen LogP contribution in [0.2, 0.25) is 0 Å². The third-order valence-electron chi connectivity index (χ3n) is 5.25. The molecule has 0 spiro atoms. The Morgan fingerprint density at radius 1 is 1.27 bits per heavy atom. The van der Waals surface area contributed by atoms with Crippen LogP contribution < -0.4 is 0 Å². The molecule has 6 heteroatoms. The van der Waals surface area contributed by atoms with Crippen LogP contribution in [0.5, 0.6) is 0 Å². The lowest BCUT2D eigenvalue weighted by Gasteiger charge is -2.34. The molecule has 2 aliphatic heterocycles. The molecule has 1 aromatic rings. The molecule has 22 heavy (non-hydrogen) atoms. The number of aromatic nitrogens is 2. The Morgan fingerprint density at radius 3 is 2.82 bits per heavy atom. The lowest BCUT2D eigenvalue weighted by molar-refractivity contribution is 0.0298. The molecular weight excluding hydrogens is 280 g/mol. The van der Waals surface area contributed by atoms with E-state index < -0.39 is 0 Å². The Balaban J connectivity index is 1.44. The maximum Gasteiger partial charge on any atom is 0.274 e. The van der Waals surface area contributed by atoms with Gasteiger partial charge in [-0.1, -0.05) is 6.42 Å². The number of hydrogen-bond donors (Lipinski definition) is 1. The molecule has 3 aliphatic rings. The minimum absolute atomic E-state index is 0.0632. The number of H-pyrrole nitrogens is 1. The molecule has 1 aliphatic carbocycles. The smallest absolute Gasteiger partial charge is 0.274 e. The number of carbonyl (C=O) groups is 1. The number of amides is 1. The van der Waals surface area contributed by atoms with Gasteiger partial charge in [-0.15, -0.1) is 0 Å². The number of hydrogen-bond acceptors (Lipinski definition) is 4. The summed E-state index contributed by atoms with van der Waals surface area (Å²) in [5, 5.41) is 7.45. The van der Waals surface area contributed by atoms with Gasteiger partial charge in [0, 0.05) is 38.3 Å². The van der Waals surface area contributed by atoms with Gasteiger partial charge in [0.1, 0.15) is 0 Å². The molecule has 0 unspecified atom stereocenters. The Labute approximate surface area is 130 Å². The quantitative estimate of drug-likeness (QED) is 0.906. The van der Waals surface area contributed by atoms with Crippen molar-refractivity contribution in [1.29, 1.82) is 0 Å². The highest BCUT2D eigenvalue weighted by Crippen LogP contribution is 2.29. The summed E-state index contributed by atoms with van der Waals surface area (Å²) in [6, 6.07) is 0. The Morgan fingerprint density at radius 2 is 2.09 bits per heavy atom. The van der Waals surface area contributed by atoms with Crippen molar-refractivity contribution in [2.75, 3.05) is 39.4 Å². The van der Waals surface area contributed by atoms with Crippen LogP contribution in [0, 0.1) is 5.92 Å². The largest absolute Gasteiger partial charge is 0.378 e. The first-order valence-corrected chi connectivity index (χ1v) is 8.47. The van der Waals surface area contributed by atoms with E-state index in [1.54, 1.807) is 0 Å². The molecular formula is C16H24N4O2. The molecule has 1 saturated heterocycles. The zero-order chi connectivity index (χ0) is 14.9. The van der Waals surface area contributed by atoms with Crippen LogP contribution in [0.3, 0.4) is 0 Å². The normalized spacial score (nSPS) is 23.2. The topological polar surface area (TPSA) is 61.5 Å². The summed E-state index contributed by atoms with van der Waals surface area (Å²) >= 11 is 0. The Bertz CT molecular complexity index is 546. The Hall–Kier alpha value is -1.40. The highest BCUT2D eigenvalue weighted by Gasteiger charge is 2.30. The van der Waals surface area contributed by atoms with E-state index in [1.165, 1.54) is 25.8 Å². The monoisotopic (exact) mass is 304 g/mol. The molecule has 0 atom stereocenters. The van der Waals surface area contributed by atoms with Crippen molar-refractivity contribution in [3.63, 3.8) is 0 Å². The van der Waals surface area contributed by atoms with Crippen LogP contribution in [0.1, 0.15) is 41.0 Å². The molecule has 120 valence electrons. The molecule has 0 aromatic carbocycles. The van der Waals surface area contributed by atoms with Gasteiger partial charge in [-0.25, -0.2) is 0 Å². The zero-order valence-electron chi connectivity index (χ0n) is 13.0. The van der Waals surface area contributed by atoms with Crippen molar-refractivity contribution in [2.24, 2.45) is 5.92 Å². The minimum atomic E-state index is 0.0632. The molecule has 1 aromatic heterocycles. The van der Waals surface area contributed by atoms with Crippen LogP contribution in [-0.2, 0) is 17.7 Å². The zero-order valence-corrected chi connectivity index (χ0v) is 13.0. The van der Waals surface area contributed by atoms with Gasteiger partial charge in [-0.3, -0.25) is 14.8 Å². The maximum atomic E-state index is 12.6. The first-order valence-electron chi connectivity index (χ1n) is 8.47. The molecule has 3 heterocycles. The van der Waals surface area contributed by atoms with Crippen LogP contribution in [-0.4, -0.2) is 65.3 Å². The number of aromatic amines is 1. The van der Waals surface area contributed by atoms with Gasteiger partial charge in [-0.05, 0) is 25.2 Å². The number of rotatable bonds is 3. The first kappa shape index (κ1) is 14.2. The van der Waals surface area contributed by atoms with Crippen molar-refractivity contribution in [1.82, 2.24) is 20.0 Å². The van der Waals surface area contributed by atoms with Crippen molar-refractivity contribution in [2.45, 2.75) is 32.2 Å². The fourth-order valence-electron chi connectivity index (χ4n) is 3.66. The van der Waals surface area contributed by atoms with Gasteiger partial charge in [0.2, 0.25) is 0 Å². The van der Waals surface area contributed by atoms with E-state index in [9.17, 15) is 4.79 Å². The highest BCUT2D eigenvalue weighted by molar-refractivity contribution is 5.94. The maximum absolute atomic E-state index is 12.6. The number of morpholine rings is 1. The lowest BCUT2D eigenvalue weighted by atomic mass is 9.84. The summed E-state index contributed by atoms with van der Waals surface area (Å²) in [6.07, 6.45) is 5.09. The van der Waals surface area contributed by atoms with E-state index in [2.05, 4.69) is 15.1 Å². The minimum Gasteiger partial charge on any atom is -0.378 e. The van der Waals surface area contributed by atoms with Crippen LogP contribution in [0.25, 0.3) is 0 Å². The highest BCUT2D eigenvalue weighted by atomic mass is 16.5. The molecule has 4 rings (SSSR count). The van der Waals surface area contributed by atoms with Gasteiger partial charge in [0.05, 0.1) is 18.9 Å². The second-order valence-corrected chi connectivity index (χ2v) is 6.72. The van der Waals surface area contributed by atoms with E-state index in [1.807, 2.05) is 4.90 Å². The fourth-order valence-corrected chi connectivity index (χ4v) is 3.66. The van der Waals surface area contributed by atoms with Gasteiger partial charge >= 0.3 is 0 Å². The van der Waals surface area contributed by atoms with E-state index in [-0.39, 0.29) is 5.91 Å². The predicted molar refractivity (Wildman–Crippen MR) is 81.6 cm³/mol. The van der Waals surface area contributed by atoms with Crippen LogP contribution >= 0.6 is 0 Å². The van der Waals surface area contributed by atoms with Crippen molar-refractivity contribution < 1.29 is 9.53 Å². The molecule has 1 amide bonds. The summed E-state index contributed by atoms with van der Waals surface area (Å²) in [7, 11) is 0. The van der Waals surface area contributed by atoms with Gasteiger partial charge in [0.25, 0.3) is 5.91 Å². The average molecular weight is 304 g/mol.